The van der Waals surface area contributed by atoms with Crippen molar-refractivity contribution in [3.05, 3.63) is 29.3 Å². The van der Waals surface area contributed by atoms with E-state index in [2.05, 4.69) is 5.10 Å². The van der Waals surface area contributed by atoms with E-state index in [-0.39, 0.29) is 43.0 Å². The van der Waals surface area contributed by atoms with E-state index >= 15 is 0 Å². The molecule has 2 rings (SSSR count). The first-order valence-electron chi connectivity index (χ1n) is 8.27. The van der Waals surface area contributed by atoms with Crippen molar-refractivity contribution in [1.29, 1.82) is 0 Å². The van der Waals surface area contributed by atoms with E-state index in [4.69, 9.17) is 5.73 Å². The van der Waals surface area contributed by atoms with E-state index in [9.17, 15) is 14.4 Å². The Morgan fingerprint density at radius 3 is 2.56 bits per heavy atom. The standard InChI is InChI=1S/C18H24N4O3/c1-11(2)21(10-16(19)23)18(25)14-7-8-17(24)22(20-14)15-9-12(3)5-6-13(15)4/h5-6,9,11H,7-8,10H2,1-4H3,(H2,19,23). The molecule has 0 bridgehead atoms. The number of nitrogens with zero attached hydrogens (tertiary/aromatic N) is 3. The number of primary amides is 1. The van der Waals surface area contributed by atoms with E-state index in [0.29, 0.717) is 5.69 Å². The average Bonchev–Trinajstić information content (AvgIpc) is 2.54. The van der Waals surface area contributed by atoms with Gasteiger partial charge in [-0.2, -0.15) is 5.10 Å². The molecule has 2 N–H and O–H groups in total. The lowest BCUT2D eigenvalue weighted by molar-refractivity contribution is -0.131. The maximum atomic E-state index is 12.8. The van der Waals surface area contributed by atoms with Gasteiger partial charge in [0.05, 0.1) is 12.2 Å². The minimum absolute atomic E-state index is 0.156. The smallest absolute Gasteiger partial charge is 0.270 e. The molecule has 134 valence electrons. The molecule has 0 saturated heterocycles. The molecular formula is C18H24N4O3. The van der Waals surface area contributed by atoms with Crippen LogP contribution in [0.1, 0.15) is 37.8 Å². The van der Waals surface area contributed by atoms with Crippen LogP contribution < -0.4 is 10.7 Å². The maximum Gasteiger partial charge on any atom is 0.270 e. The van der Waals surface area contributed by atoms with Crippen LogP contribution >= 0.6 is 0 Å². The van der Waals surface area contributed by atoms with Crippen LogP contribution in [-0.4, -0.2) is 40.9 Å². The molecule has 0 atom stereocenters. The fourth-order valence-corrected chi connectivity index (χ4v) is 2.67. The number of nitrogens with two attached hydrogens (primary N) is 1. The summed E-state index contributed by atoms with van der Waals surface area (Å²) in [5, 5.41) is 5.60. The molecule has 0 radical (unpaired) electrons. The van der Waals surface area contributed by atoms with Crippen molar-refractivity contribution in [1.82, 2.24) is 4.90 Å². The maximum absolute atomic E-state index is 12.8. The van der Waals surface area contributed by atoms with Crippen LogP contribution in [0.3, 0.4) is 0 Å². The highest BCUT2D eigenvalue weighted by atomic mass is 16.2. The van der Waals surface area contributed by atoms with Gasteiger partial charge in [-0.3, -0.25) is 14.4 Å². The van der Waals surface area contributed by atoms with Crippen LogP contribution in [0.4, 0.5) is 5.69 Å². The lowest BCUT2D eigenvalue weighted by Gasteiger charge is -2.29. The monoisotopic (exact) mass is 344 g/mol. The Morgan fingerprint density at radius 1 is 1.28 bits per heavy atom. The van der Waals surface area contributed by atoms with E-state index in [1.165, 1.54) is 9.91 Å². The fraction of sp³-hybridized carbons (Fsp3) is 0.444. The summed E-state index contributed by atoms with van der Waals surface area (Å²) in [5.74, 6) is -1.10. The van der Waals surface area contributed by atoms with Crippen molar-refractivity contribution in [2.24, 2.45) is 10.8 Å². The summed E-state index contributed by atoms with van der Waals surface area (Å²) in [7, 11) is 0. The fourth-order valence-electron chi connectivity index (χ4n) is 2.67. The van der Waals surface area contributed by atoms with E-state index < -0.39 is 5.91 Å². The summed E-state index contributed by atoms with van der Waals surface area (Å²) in [5.41, 5.74) is 8.06. The van der Waals surface area contributed by atoms with Gasteiger partial charge >= 0.3 is 0 Å². The van der Waals surface area contributed by atoms with Gasteiger partial charge in [0.25, 0.3) is 5.91 Å². The Labute approximate surface area is 147 Å². The van der Waals surface area contributed by atoms with Crippen LogP contribution in [0.15, 0.2) is 23.3 Å². The van der Waals surface area contributed by atoms with Gasteiger partial charge in [0.2, 0.25) is 11.8 Å². The third kappa shape index (κ3) is 4.23. The summed E-state index contributed by atoms with van der Waals surface area (Å²) in [6.07, 6.45) is 0.446. The molecule has 0 aliphatic carbocycles. The molecule has 3 amide bonds. The lowest BCUT2D eigenvalue weighted by Crippen LogP contribution is -2.47. The molecule has 1 aromatic carbocycles. The van der Waals surface area contributed by atoms with Gasteiger partial charge in [0, 0.05) is 18.9 Å². The van der Waals surface area contributed by atoms with Crippen LogP contribution in [0.5, 0.6) is 0 Å². The predicted molar refractivity (Wildman–Crippen MR) is 96.1 cm³/mol. The number of carbonyl (C=O) groups excluding carboxylic acids is 3. The van der Waals surface area contributed by atoms with Crippen LogP contribution in [0, 0.1) is 13.8 Å². The number of benzene rings is 1. The lowest BCUT2D eigenvalue weighted by atomic mass is 10.1. The molecular weight excluding hydrogens is 320 g/mol. The third-order valence-corrected chi connectivity index (χ3v) is 4.08. The Kier molecular flexibility index (Phi) is 5.56. The van der Waals surface area contributed by atoms with Crippen LogP contribution in [0.25, 0.3) is 0 Å². The third-order valence-electron chi connectivity index (χ3n) is 4.08. The Hall–Kier alpha value is -2.70. The van der Waals surface area contributed by atoms with Gasteiger partial charge < -0.3 is 10.6 Å². The summed E-state index contributed by atoms with van der Waals surface area (Å²) < 4.78 is 0. The Bertz CT molecular complexity index is 740. The minimum Gasteiger partial charge on any atom is -0.368 e. The summed E-state index contributed by atoms with van der Waals surface area (Å²) in [6, 6.07) is 5.54. The highest BCUT2D eigenvalue weighted by molar-refractivity contribution is 6.40. The predicted octanol–water partition coefficient (Wildman–Crippen LogP) is 1.51. The Balaban J connectivity index is 2.38. The molecule has 0 fully saturated rings. The molecule has 0 spiro atoms. The first-order chi connectivity index (χ1) is 11.7. The van der Waals surface area contributed by atoms with Crippen molar-refractivity contribution < 1.29 is 14.4 Å². The summed E-state index contributed by atoms with van der Waals surface area (Å²) in [4.78, 5) is 37.7. The first-order valence-corrected chi connectivity index (χ1v) is 8.27. The highest BCUT2D eigenvalue weighted by Gasteiger charge is 2.30. The number of hydrazone groups is 1. The molecule has 0 unspecified atom stereocenters. The van der Waals surface area contributed by atoms with Gasteiger partial charge in [-0.05, 0) is 44.9 Å². The number of amides is 3. The number of aryl methyl sites for hydroxylation is 2. The van der Waals surface area contributed by atoms with Gasteiger partial charge in [0.1, 0.15) is 5.71 Å². The van der Waals surface area contributed by atoms with Gasteiger partial charge in [-0.25, -0.2) is 5.01 Å². The number of rotatable bonds is 5. The van der Waals surface area contributed by atoms with Crippen molar-refractivity contribution in [2.45, 2.75) is 46.6 Å². The SMILES string of the molecule is Cc1ccc(C)c(N2N=C(C(=O)N(CC(N)=O)C(C)C)CCC2=O)c1. The van der Waals surface area contributed by atoms with Crippen molar-refractivity contribution in [3.8, 4) is 0 Å². The Morgan fingerprint density at radius 2 is 1.96 bits per heavy atom. The summed E-state index contributed by atoms with van der Waals surface area (Å²) in [6.45, 7) is 7.25. The molecule has 0 saturated carbocycles. The zero-order valence-electron chi connectivity index (χ0n) is 15.1. The molecule has 7 heteroatoms. The van der Waals surface area contributed by atoms with Gasteiger partial charge in [0.15, 0.2) is 0 Å². The normalized spacial score (nSPS) is 14.5. The van der Waals surface area contributed by atoms with Crippen molar-refractivity contribution in [3.63, 3.8) is 0 Å². The second-order valence-electron chi connectivity index (χ2n) is 6.54. The van der Waals surface area contributed by atoms with Crippen molar-refractivity contribution in [2.75, 3.05) is 11.6 Å². The van der Waals surface area contributed by atoms with E-state index in [1.807, 2.05) is 32.0 Å². The van der Waals surface area contributed by atoms with Crippen molar-refractivity contribution >= 4 is 29.1 Å². The second kappa shape index (κ2) is 7.46. The van der Waals surface area contributed by atoms with Crippen LogP contribution in [-0.2, 0) is 14.4 Å². The zero-order chi connectivity index (χ0) is 18.7. The van der Waals surface area contributed by atoms with Gasteiger partial charge in [-0.1, -0.05) is 12.1 Å². The molecule has 0 aromatic heterocycles. The number of hydrogen-bond donors (Lipinski definition) is 1. The number of anilines is 1. The molecule has 1 heterocycles. The quantitative estimate of drug-likeness (QED) is 0.877. The highest BCUT2D eigenvalue weighted by Crippen LogP contribution is 2.25. The first kappa shape index (κ1) is 18.6. The van der Waals surface area contributed by atoms with E-state index in [1.54, 1.807) is 13.8 Å². The largest absolute Gasteiger partial charge is 0.368 e. The molecule has 1 aliphatic heterocycles. The van der Waals surface area contributed by atoms with Gasteiger partial charge in [-0.15, -0.1) is 0 Å². The van der Waals surface area contributed by atoms with E-state index in [0.717, 1.165) is 11.1 Å². The minimum atomic E-state index is -0.582. The number of hydrogen-bond acceptors (Lipinski definition) is 4. The molecule has 25 heavy (non-hydrogen) atoms. The molecule has 7 nitrogen and oxygen atoms in total. The second-order valence-corrected chi connectivity index (χ2v) is 6.54. The average molecular weight is 344 g/mol. The molecule has 1 aromatic rings. The zero-order valence-corrected chi connectivity index (χ0v) is 15.1. The summed E-state index contributed by atoms with van der Waals surface area (Å²) >= 11 is 0. The topological polar surface area (TPSA) is 96.1 Å². The number of carbonyl (C=O) groups is 3. The van der Waals surface area contributed by atoms with Crippen LogP contribution in [0.2, 0.25) is 0 Å². The molecule has 1 aliphatic rings.